The highest BCUT2D eigenvalue weighted by Gasteiger charge is 2.07. The second-order valence-corrected chi connectivity index (χ2v) is 4.03. The molecule has 1 atom stereocenters. The van der Waals surface area contributed by atoms with Crippen molar-refractivity contribution >= 4 is 29.2 Å². The van der Waals surface area contributed by atoms with E-state index in [1.807, 2.05) is 0 Å². The number of rotatable bonds is 6. The van der Waals surface area contributed by atoms with Gasteiger partial charge < -0.3 is 10.4 Å². The molecule has 1 unspecified atom stereocenters. The van der Waals surface area contributed by atoms with Crippen LogP contribution in [0.5, 0.6) is 0 Å². The summed E-state index contributed by atoms with van der Waals surface area (Å²) in [5.41, 5.74) is 0. The summed E-state index contributed by atoms with van der Waals surface area (Å²) in [5, 5.41) is 12.3. The average Bonchev–Trinajstić information content (AvgIpc) is 2.16. The average molecular weight is 265 g/mol. The highest BCUT2D eigenvalue weighted by atomic mass is 35.5. The first kappa shape index (κ1) is 13.4. The smallest absolute Gasteiger partial charge is 0.230 e. The van der Waals surface area contributed by atoms with Crippen LogP contribution in [0.15, 0.2) is 0 Å². The summed E-state index contributed by atoms with van der Waals surface area (Å²) in [4.78, 5) is 11.2. The second kappa shape index (κ2) is 6.83. The Kier molecular flexibility index (Phi) is 5.73. The van der Waals surface area contributed by atoms with E-state index in [4.69, 9.17) is 23.2 Å². The normalized spacial score (nSPS) is 12.5. The Morgan fingerprint density at radius 2 is 1.81 bits per heavy atom. The lowest BCUT2D eigenvalue weighted by Gasteiger charge is -2.12. The summed E-state index contributed by atoms with van der Waals surface area (Å²) in [7, 11) is 0. The van der Waals surface area contributed by atoms with Crippen LogP contribution in [-0.4, -0.2) is 26.3 Å². The number of aliphatic hydroxyl groups is 1. The predicted molar refractivity (Wildman–Crippen MR) is 63.6 cm³/mol. The van der Waals surface area contributed by atoms with Crippen molar-refractivity contribution in [1.82, 2.24) is 15.0 Å². The molecule has 1 rings (SSSR count). The molecule has 0 saturated heterocycles. The van der Waals surface area contributed by atoms with Crippen LogP contribution in [0.4, 0.5) is 5.95 Å². The van der Waals surface area contributed by atoms with Gasteiger partial charge in [0.1, 0.15) is 6.23 Å². The Labute approximate surface area is 104 Å². The molecule has 90 valence electrons. The van der Waals surface area contributed by atoms with Crippen molar-refractivity contribution < 1.29 is 5.11 Å². The number of halogens is 2. The van der Waals surface area contributed by atoms with Gasteiger partial charge in [-0.25, -0.2) is 0 Å². The van der Waals surface area contributed by atoms with E-state index in [0.717, 1.165) is 19.3 Å². The van der Waals surface area contributed by atoms with Gasteiger partial charge >= 0.3 is 0 Å². The minimum atomic E-state index is -0.693. The molecule has 0 amide bonds. The molecule has 0 fully saturated rings. The Morgan fingerprint density at radius 1 is 1.19 bits per heavy atom. The first-order valence-electron chi connectivity index (χ1n) is 5.13. The van der Waals surface area contributed by atoms with E-state index in [1.54, 1.807) is 0 Å². The van der Waals surface area contributed by atoms with E-state index in [2.05, 4.69) is 27.2 Å². The van der Waals surface area contributed by atoms with Gasteiger partial charge in [0, 0.05) is 0 Å². The third-order valence-corrected chi connectivity index (χ3v) is 2.30. The SMILES string of the molecule is CCCCCC(O)Nc1nc(Cl)nc(Cl)n1. The molecule has 0 bridgehead atoms. The second-order valence-electron chi connectivity index (χ2n) is 3.35. The van der Waals surface area contributed by atoms with E-state index < -0.39 is 6.23 Å². The maximum absolute atomic E-state index is 9.61. The molecule has 0 aromatic carbocycles. The number of anilines is 1. The Hall–Kier alpha value is -0.650. The molecule has 0 aliphatic heterocycles. The summed E-state index contributed by atoms with van der Waals surface area (Å²) < 4.78 is 0. The number of aromatic nitrogens is 3. The van der Waals surface area contributed by atoms with Gasteiger partial charge in [-0.05, 0) is 36.0 Å². The quantitative estimate of drug-likeness (QED) is 0.610. The van der Waals surface area contributed by atoms with E-state index in [9.17, 15) is 5.11 Å². The first-order valence-corrected chi connectivity index (χ1v) is 5.89. The standard InChI is InChI=1S/C9H14Cl2N4O/c1-2-3-4-5-6(16)12-9-14-7(10)13-8(11)15-9/h6,16H,2-5H2,1H3,(H,12,13,14,15). The van der Waals surface area contributed by atoms with Crippen molar-refractivity contribution in [3.05, 3.63) is 10.6 Å². The largest absolute Gasteiger partial charge is 0.374 e. The fraction of sp³-hybridized carbons (Fsp3) is 0.667. The van der Waals surface area contributed by atoms with Gasteiger partial charge in [0.05, 0.1) is 0 Å². The number of hydrogen-bond donors (Lipinski definition) is 2. The predicted octanol–water partition coefficient (Wildman–Crippen LogP) is 2.49. The van der Waals surface area contributed by atoms with Crippen molar-refractivity contribution in [3.8, 4) is 0 Å². The molecule has 16 heavy (non-hydrogen) atoms. The van der Waals surface area contributed by atoms with Crippen molar-refractivity contribution in [2.45, 2.75) is 38.8 Å². The summed E-state index contributed by atoms with van der Waals surface area (Å²) in [6.45, 7) is 2.10. The molecular formula is C9H14Cl2N4O. The van der Waals surface area contributed by atoms with Crippen LogP contribution in [0.25, 0.3) is 0 Å². The van der Waals surface area contributed by atoms with Crippen LogP contribution >= 0.6 is 23.2 Å². The monoisotopic (exact) mass is 264 g/mol. The molecule has 5 nitrogen and oxygen atoms in total. The van der Waals surface area contributed by atoms with Crippen LogP contribution in [0, 0.1) is 0 Å². The maximum atomic E-state index is 9.61. The van der Waals surface area contributed by atoms with Crippen LogP contribution in [0.3, 0.4) is 0 Å². The number of nitrogens with zero attached hydrogens (tertiary/aromatic N) is 3. The summed E-state index contributed by atoms with van der Waals surface area (Å²) in [6, 6.07) is 0. The van der Waals surface area contributed by atoms with Crippen LogP contribution in [0.1, 0.15) is 32.6 Å². The lowest BCUT2D eigenvalue weighted by atomic mass is 10.2. The lowest BCUT2D eigenvalue weighted by molar-refractivity contribution is 0.188. The van der Waals surface area contributed by atoms with Crippen molar-refractivity contribution in [2.75, 3.05) is 5.32 Å². The highest BCUT2D eigenvalue weighted by molar-refractivity contribution is 6.31. The van der Waals surface area contributed by atoms with Gasteiger partial charge in [0.25, 0.3) is 0 Å². The number of unbranched alkanes of at least 4 members (excludes halogenated alkanes) is 2. The van der Waals surface area contributed by atoms with E-state index >= 15 is 0 Å². The summed E-state index contributed by atoms with van der Waals surface area (Å²) in [5.74, 6) is 0.189. The molecule has 7 heteroatoms. The molecule has 0 aliphatic rings. The number of nitrogens with one attached hydrogen (secondary N) is 1. The molecule has 0 spiro atoms. The Bertz CT molecular complexity index is 317. The fourth-order valence-electron chi connectivity index (χ4n) is 1.20. The van der Waals surface area contributed by atoms with Crippen LogP contribution in [0.2, 0.25) is 10.6 Å². The van der Waals surface area contributed by atoms with Crippen molar-refractivity contribution in [3.63, 3.8) is 0 Å². The van der Waals surface area contributed by atoms with Gasteiger partial charge in [0.2, 0.25) is 16.5 Å². The van der Waals surface area contributed by atoms with Crippen LogP contribution < -0.4 is 5.32 Å². The lowest BCUT2D eigenvalue weighted by Crippen LogP contribution is -2.20. The molecule has 2 N–H and O–H groups in total. The minimum absolute atomic E-state index is 0.00302. The van der Waals surface area contributed by atoms with E-state index in [1.165, 1.54) is 0 Å². The van der Waals surface area contributed by atoms with E-state index in [-0.39, 0.29) is 16.5 Å². The third kappa shape index (κ3) is 4.92. The number of aliphatic hydroxyl groups excluding tert-OH is 1. The summed E-state index contributed by atoms with van der Waals surface area (Å²) in [6.07, 6.45) is 3.07. The topological polar surface area (TPSA) is 70.9 Å². The maximum Gasteiger partial charge on any atom is 0.230 e. The summed E-state index contributed by atoms with van der Waals surface area (Å²) >= 11 is 11.2. The molecular weight excluding hydrogens is 251 g/mol. The van der Waals surface area contributed by atoms with Crippen molar-refractivity contribution in [1.29, 1.82) is 0 Å². The molecule has 1 aromatic rings. The van der Waals surface area contributed by atoms with Gasteiger partial charge in [-0.15, -0.1) is 0 Å². The van der Waals surface area contributed by atoms with Gasteiger partial charge in [-0.1, -0.05) is 19.8 Å². The Balaban J connectivity index is 2.45. The molecule has 1 heterocycles. The van der Waals surface area contributed by atoms with Crippen molar-refractivity contribution in [2.24, 2.45) is 0 Å². The molecule has 0 aliphatic carbocycles. The van der Waals surface area contributed by atoms with Gasteiger partial charge in [-0.3, -0.25) is 0 Å². The molecule has 0 radical (unpaired) electrons. The van der Waals surface area contributed by atoms with E-state index in [0.29, 0.717) is 6.42 Å². The van der Waals surface area contributed by atoms with Gasteiger partial charge in [0.15, 0.2) is 0 Å². The zero-order valence-corrected chi connectivity index (χ0v) is 10.5. The van der Waals surface area contributed by atoms with Crippen LogP contribution in [-0.2, 0) is 0 Å². The first-order chi connectivity index (χ1) is 7.61. The zero-order valence-electron chi connectivity index (χ0n) is 8.95. The fourth-order valence-corrected chi connectivity index (χ4v) is 1.56. The third-order valence-electron chi connectivity index (χ3n) is 1.96. The zero-order chi connectivity index (χ0) is 12.0. The molecule has 1 aromatic heterocycles. The molecule has 0 saturated carbocycles. The Morgan fingerprint density at radius 3 is 2.38 bits per heavy atom. The highest BCUT2D eigenvalue weighted by Crippen LogP contribution is 2.11. The minimum Gasteiger partial charge on any atom is -0.374 e. The van der Waals surface area contributed by atoms with Gasteiger partial charge in [-0.2, -0.15) is 15.0 Å². The number of hydrogen-bond acceptors (Lipinski definition) is 5.